The lowest BCUT2D eigenvalue weighted by molar-refractivity contribution is -0.111. The number of anilines is 2. The van der Waals surface area contributed by atoms with Crippen molar-refractivity contribution in [3.05, 3.63) is 108 Å². The zero-order chi connectivity index (χ0) is 27.0. The van der Waals surface area contributed by atoms with Crippen molar-refractivity contribution in [2.24, 2.45) is 0 Å². The van der Waals surface area contributed by atoms with Crippen LogP contribution in [-0.4, -0.2) is 30.1 Å². The first-order valence-electron chi connectivity index (χ1n) is 11.7. The molecule has 0 aliphatic heterocycles. The number of carbonyl (C=O) groups excluding carboxylic acids is 1. The van der Waals surface area contributed by atoms with Gasteiger partial charge in [0.15, 0.2) is 0 Å². The van der Waals surface area contributed by atoms with Crippen LogP contribution in [0.25, 0.3) is 38.6 Å². The van der Waals surface area contributed by atoms with E-state index in [4.69, 9.17) is 0 Å². The molecule has 0 fully saturated rings. The smallest absolute Gasteiger partial charge is 0.255 e. The molecule has 0 atom stereocenters. The first-order chi connectivity index (χ1) is 18.1. The minimum Gasteiger partial charge on any atom is -0.322 e. The molecule has 1 amide bonds. The Balaban J connectivity index is 1.72. The number of aromatic nitrogens is 2. The molecule has 2 aromatic heterocycles. The molecule has 0 saturated heterocycles. The van der Waals surface area contributed by atoms with Crippen LogP contribution >= 0.6 is 0 Å². The second kappa shape index (κ2) is 9.60. The number of hydrogen-bond donors (Lipinski definition) is 2. The Morgan fingerprint density at radius 3 is 2.37 bits per heavy atom. The number of amides is 1. The highest BCUT2D eigenvalue weighted by atomic mass is 32.2. The molecule has 0 radical (unpaired) electrons. The van der Waals surface area contributed by atoms with E-state index in [0.717, 1.165) is 33.7 Å². The molecular weight excluding hydrogens is 500 g/mol. The van der Waals surface area contributed by atoms with E-state index in [0.29, 0.717) is 28.1 Å². The number of nitrogens with zero attached hydrogens (tertiary/aromatic N) is 2. The molecule has 3 aromatic carbocycles. The average Bonchev–Trinajstić information content (AvgIpc) is 2.89. The van der Waals surface area contributed by atoms with Crippen LogP contribution in [0.2, 0.25) is 0 Å². The molecule has 5 rings (SSSR count). The number of fused-ring (bicyclic) bond motifs is 3. The largest absolute Gasteiger partial charge is 0.322 e. The topological polar surface area (TPSA) is 110 Å². The molecule has 9 heteroatoms. The highest BCUT2D eigenvalue weighted by Gasteiger charge is 2.14. The highest BCUT2D eigenvalue weighted by Crippen LogP contribution is 2.31. The van der Waals surface area contributed by atoms with Crippen LogP contribution in [0.15, 0.2) is 96.4 Å². The summed E-state index contributed by atoms with van der Waals surface area (Å²) in [6.07, 6.45) is 4.03. The molecule has 2 heterocycles. The number of carbonyl (C=O) groups is 1. The third-order valence-corrected chi connectivity index (χ3v) is 6.75. The lowest BCUT2D eigenvalue weighted by atomic mass is 10.0. The van der Waals surface area contributed by atoms with Crippen molar-refractivity contribution >= 4 is 49.1 Å². The standard InChI is InChI=1S/C29H24N4O4S/c1-4-27(34)31-23-10-5-18(2)26(16-23)33-28(35)14-9-21-17-30-25-13-8-20(15-24(25)29(21)33)19-6-11-22(12-7-19)32-38(3,36)37/h4-17,32H,1H2,2-3H3,(H,31,34). The van der Waals surface area contributed by atoms with Gasteiger partial charge in [0.2, 0.25) is 15.9 Å². The summed E-state index contributed by atoms with van der Waals surface area (Å²) in [5.41, 5.74) is 5.44. The van der Waals surface area contributed by atoms with E-state index in [9.17, 15) is 18.0 Å². The van der Waals surface area contributed by atoms with Gasteiger partial charge in [-0.2, -0.15) is 0 Å². The fourth-order valence-electron chi connectivity index (χ4n) is 4.40. The molecule has 0 aliphatic carbocycles. The maximum absolute atomic E-state index is 13.3. The Hall–Kier alpha value is -4.76. The van der Waals surface area contributed by atoms with Crippen LogP contribution < -0.4 is 15.6 Å². The van der Waals surface area contributed by atoms with Gasteiger partial charge in [-0.15, -0.1) is 0 Å². The summed E-state index contributed by atoms with van der Waals surface area (Å²) in [5.74, 6) is -0.345. The Morgan fingerprint density at radius 1 is 0.947 bits per heavy atom. The normalized spacial score (nSPS) is 11.4. The van der Waals surface area contributed by atoms with Gasteiger partial charge in [-0.05, 0) is 72.2 Å². The molecule has 0 saturated carbocycles. The molecular formula is C29H24N4O4S. The molecule has 2 N–H and O–H groups in total. The lowest BCUT2D eigenvalue weighted by Gasteiger charge is -2.16. The number of pyridine rings is 2. The van der Waals surface area contributed by atoms with E-state index >= 15 is 0 Å². The van der Waals surface area contributed by atoms with Crippen molar-refractivity contribution in [1.82, 2.24) is 9.55 Å². The van der Waals surface area contributed by atoms with Gasteiger partial charge in [0.05, 0.1) is 23.0 Å². The second-order valence-corrected chi connectivity index (χ2v) is 10.7. The summed E-state index contributed by atoms with van der Waals surface area (Å²) in [6, 6.07) is 21.5. The summed E-state index contributed by atoms with van der Waals surface area (Å²) in [7, 11) is -3.38. The first kappa shape index (κ1) is 24.9. The molecule has 0 bridgehead atoms. The fourth-order valence-corrected chi connectivity index (χ4v) is 4.96. The Morgan fingerprint density at radius 2 is 1.66 bits per heavy atom. The van der Waals surface area contributed by atoms with E-state index in [-0.39, 0.29) is 11.5 Å². The predicted octanol–water partition coefficient (Wildman–Crippen LogP) is 5.01. The Bertz CT molecular complexity index is 1910. The zero-order valence-electron chi connectivity index (χ0n) is 20.7. The van der Waals surface area contributed by atoms with Crippen molar-refractivity contribution in [1.29, 1.82) is 0 Å². The van der Waals surface area contributed by atoms with Gasteiger partial charge in [-0.25, -0.2) is 8.42 Å². The monoisotopic (exact) mass is 524 g/mol. The second-order valence-electron chi connectivity index (χ2n) is 8.95. The maximum atomic E-state index is 13.3. The van der Waals surface area contributed by atoms with Crippen molar-refractivity contribution in [3.8, 4) is 16.8 Å². The molecule has 0 unspecified atom stereocenters. The first-order valence-corrected chi connectivity index (χ1v) is 13.6. The van der Waals surface area contributed by atoms with Gasteiger partial charge >= 0.3 is 0 Å². The minimum absolute atomic E-state index is 0.220. The minimum atomic E-state index is -3.38. The zero-order valence-corrected chi connectivity index (χ0v) is 21.5. The SMILES string of the molecule is C=CC(=O)Nc1ccc(C)c(-n2c(=O)ccc3cnc4ccc(-c5ccc(NS(C)(=O)=O)cc5)cc4c32)c1. The van der Waals surface area contributed by atoms with Crippen LogP contribution in [0.4, 0.5) is 11.4 Å². The summed E-state index contributed by atoms with van der Waals surface area (Å²) in [6.45, 7) is 5.40. The van der Waals surface area contributed by atoms with Gasteiger partial charge in [-0.1, -0.05) is 30.8 Å². The maximum Gasteiger partial charge on any atom is 0.255 e. The molecule has 0 spiro atoms. The highest BCUT2D eigenvalue weighted by molar-refractivity contribution is 7.92. The van der Waals surface area contributed by atoms with Crippen molar-refractivity contribution in [2.45, 2.75) is 6.92 Å². The molecule has 8 nitrogen and oxygen atoms in total. The van der Waals surface area contributed by atoms with Crippen LogP contribution in [-0.2, 0) is 14.8 Å². The van der Waals surface area contributed by atoms with Gasteiger partial charge in [0.25, 0.3) is 5.56 Å². The Kier molecular flexibility index (Phi) is 6.30. The number of nitrogens with one attached hydrogen (secondary N) is 2. The van der Waals surface area contributed by atoms with Gasteiger partial charge in [0, 0.05) is 34.4 Å². The number of sulfonamides is 1. The van der Waals surface area contributed by atoms with E-state index in [1.54, 1.807) is 41.1 Å². The summed E-state index contributed by atoms with van der Waals surface area (Å²) >= 11 is 0. The van der Waals surface area contributed by atoms with Crippen molar-refractivity contribution in [3.63, 3.8) is 0 Å². The molecule has 0 aliphatic rings. The lowest BCUT2D eigenvalue weighted by Crippen LogP contribution is -2.19. The fraction of sp³-hybridized carbons (Fsp3) is 0.0690. The van der Waals surface area contributed by atoms with Gasteiger partial charge in [-0.3, -0.25) is 23.9 Å². The van der Waals surface area contributed by atoms with Crippen LogP contribution in [0, 0.1) is 6.92 Å². The predicted molar refractivity (Wildman–Crippen MR) is 152 cm³/mol. The number of aryl methyl sites for hydroxylation is 1. The number of hydrogen-bond acceptors (Lipinski definition) is 5. The van der Waals surface area contributed by atoms with E-state index < -0.39 is 10.0 Å². The van der Waals surface area contributed by atoms with Crippen LogP contribution in [0.1, 0.15) is 5.56 Å². The summed E-state index contributed by atoms with van der Waals surface area (Å²) in [5, 5.41) is 4.31. The molecule has 5 aromatic rings. The van der Waals surface area contributed by atoms with Crippen molar-refractivity contribution in [2.75, 3.05) is 16.3 Å². The number of rotatable bonds is 6. The molecule has 190 valence electrons. The summed E-state index contributed by atoms with van der Waals surface area (Å²) < 4.78 is 27.2. The van der Waals surface area contributed by atoms with Gasteiger partial charge < -0.3 is 5.32 Å². The van der Waals surface area contributed by atoms with Crippen LogP contribution in [0.3, 0.4) is 0 Å². The third kappa shape index (κ3) is 4.91. The van der Waals surface area contributed by atoms with E-state index in [1.165, 1.54) is 12.1 Å². The molecule has 38 heavy (non-hydrogen) atoms. The van der Waals surface area contributed by atoms with E-state index in [1.807, 2.05) is 43.3 Å². The van der Waals surface area contributed by atoms with Crippen molar-refractivity contribution < 1.29 is 13.2 Å². The quantitative estimate of drug-likeness (QED) is 0.240. The third-order valence-electron chi connectivity index (χ3n) is 6.14. The number of benzene rings is 3. The Labute approximate surface area is 219 Å². The van der Waals surface area contributed by atoms with Gasteiger partial charge in [0.1, 0.15) is 0 Å². The average molecular weight is 525 g/mol. The summed E-state index contributed by atoms with van der Waals surface area (Å²) in [4.78, 5) is 29.8. The van der Waals surface area contributed by atoms with E-state index in [2.05, 4.69) is 21.6 Å². The van der Waals surface area contributed by atoms with Crippen LogP contribution in [0.5, 0.6) is 0 Å².